The molecule has 1 N–H and O–H groups in total. The van der Waals surface area contributed by atoms with Crippen LogP contribution in [0.2, 0.25) is 0 Å². The van der Waals surface area contributed by atoms with Gasteiger partial charge in [-0.05, 0) is 31.8 Å². The van der Waals surface area contributed by atoms with Crippen molar-refractivity contribution in [2.45, 2.75) is 32.6 Å². The van der Waals surface area contributed by atoms with Crippen molar-refractivity contribution in [3.8, 4) is 6.07 Å². The molecule has 1 aliphatic carbocycles. The molecule has 4 nitrogen and oxygen atoms in total. The van der Waals surface area contributed by atoms with Crippen LogP contribution in [-0.2, 0) is 9.59 Å². The third-order valence-corrected chi connectivity index (χ3v) is 3.39. The normalized spacial score (nSPS) is 30.7. The van der Waals surface area contributed by atoms with Crippen LogP contribution in [0.1, 0.15) is 32.6 Å². The van der Waals surface area contributed by atoms with Crippen LogP contribution in [0, 0.1) is 16.7 Å². The minimum absolute atomic E-state index is 0.150. The Morgan fingerprint density at radius 3 is 2.80 bits per heavy atom. The number of carbonyl (C=O) groups excluding carboxylic acids is 2. The molecule has 0 saturated heterocycles. The Balaban J connectivity index is 2.59. The summed E-state index contributed by atoms with van der Waals surface area (Å²) in [7, 11) is 0. The summed E-state index contributed by atoms with van der Waals surface area (Å²) < 4.78 is 0. The van der Waals surface area contributed by atoms with Gasteiger partial charge in [-0.15, -0.1) is 0 Å². The molecule has 1 aliphatic heterocycles. The number of nitrogens with one attached hydrogen (secondary N) is 1. The Labute approximate surface area is 88.0 Å². The molecule has 0 aromatic carbocycles. The zero-order valence-corrected chi connectivity index (χ0v) is 8.59. The van der Waals surface area contributed by atoms with Gasteiger partial charge in [0.25, 0.3) is 5.91 Å². The number of nitriles is 1. The second-order valence-corrected chi connectivity index (χ2v) is 4.29. The maximum Gasteiger partial charge on any atom is 0.268 e. The zero-order valence-electron chi connectivity index (χ0n) is 8.59. The molecule has 0 aromatic rings. The molecular weight excluding hydrogens is 192 g/mol. The molecule has 1 unspecified atom stereocenters. The smallest absolute Gasteiger partial charge is 0.268 e. The Hall–Kier alpha value is -1.63. The molecule has 2 aliphatic rings. The summed E-state index contributed by atoms with van der Waals surface area (Å²) in [6.45, 7) is 1.82. The molecule has 0 spiro atoms. The standard InChI is InChI=1S/C11H12N2O2/c1-11-5-3-2-4-8(11)7(6-12)9(14)13-10(11)15/h2-5H2,1H3,(H,13,14,15). The first-order valence-electron chi connectivity index (χ1n) is 5.09. The summed E-state index contributed by atoms with van der Waals surface area (Å²) in [5, 5.41) is 11.2. The summed E-state index contributed by atoms with van der Waals surface area (Å²) in [6, 6.07) is 1.91. The second kappa shape index (κ2) is 3.20. The first kappa shape index (κ1) is 9.91. The van der Waals surface area contributed by atoms with E-state index >= 15 is 0 Å². The van der Waals surface area contributed by atoms with E-state index in [1.54, 1.807) is 0 Å². The van der Waals surface area contributed by atoms with Gasteiger partial charge in [-0.2, -0.15) is 5.26 Å². The van der Waals surface area contributed by atoms with Crippen molar-refractivity contribution in [1.29, 1.82) is 5.26 Å². The predicted octanol–water partition coefficient (Wildman–Crippen LogP) is 1.04. The molecule has 4 heteroatoms. The average Bonchev–Trinajstić information content (AvgIpc) is 2.20. The fourth-order valence-corrected chi connectivity index (χ4v) is 2.42. The van der Waals surface area contributed by atoms with Gasteiger partial charge in [0.1, 0.15) is 11.6 Å². The number of fused-ring (bicyclic) bond motifs is 1. The quantitative estimate of drug-likeness (QED) is 0.599. The minimum atomic E-state index is -0.628. The number of carbonyl (C=O) groups is 2. The van der Waals surface area contributed by atoms with Crippen LogP contribution >= 0.6 is 0 Å². The van der Waals surface area contributed by atoms with Gasteiger partial charge in [-0.3, -0.25) is 14.9 Å². The molecule has 0 bridgehead atoms. The second-order valence-electron chi connectivity index (χ2n) is 4.29. The highest BCUT2D eigenvalue weighted by Crippen LogP contribution is 2.44. The molecule has 78 valence electrons. The lowest BCUT2D eigenvalue weighted by molar-refractivity contribution is -0.135. The van der Waals surface area contributed by atoms with Gasteiger partial charge in [0.2, 0.25) is 5.91 Å². The lowest BCUT2D eigenvalue weighted by atomic mass is 9.67. The highest BCUT2D eigenvalue weighted by molar-refractivity contribution is 6.13. The molecule has 2 amide bonds. The number of imide groups is 1. The number of nitrogens with zero attached hydrogens (tertiary/aromatic N) is 1. The van der Waals surface area contributed by atoms with Crippen LogP contribution < -0.4 is 5.32 Å². The molecule has 2 rings (SSSR count). The molecule has 1 fully saturated rings. The van der Waals surface area contributed by atoms with Crippen LogP contribution in [0.3, 0.4) is 0 Å². The van der Waals surface area contributed by atoms with Crippen molar-refractivity contribution < 1.29 is 9.59 Å². The van der Waals surface area contributed by atoms with Crippen molar-refractivity contribution in [1.82, 2.24) is 5.32 Å². The lowest BCUT2D eigenvalue weighted by Gasteiger charge is -2.38. The summed E-state index contributed by atoms with van der Waals surface area (Å²) >= 11 is 0. The third-order valence-electron chi connectivity index (χ3n) is 3.39. The molecule has 0 aromatic heterocycles. The monoisotopic (exact) mass is 204 g/mol. The Bertz CT molecular complexity index is 417. The van der Waals surface area contributed by atoms with E-state index in [0.29, 0.717) is 6.42 Å². The van der Waals surface area contributed by atoms with Crippen molar-refractivity contribution in [2.24, 2.45) is 5.41 Å². The van der Waals surface area contributed by atoms with Crippen LogP contribution in [0.4, 0.5) is 0 Å². The third kappa shape index (κ3) is 1.27. The van der Waals surface area contributed by atoms with Gasteiger partial charge in [-0.25, -0.2) is 0 Å². The van der Waals surface area contributed by atoms with Gasteiger partial charge in [0.15, 0.2) is 0 Å². The van der Waals surface area contributed by atoms with E-state index in [4.69, 9.17) is 5.26 Å². The zero-order chi connectivity index (χ0) is 11.1. The van der Waals surface area contributed by atoms with E-state index in [1.807, 2.05) is 13.0 Å². The van der Waals surface area contributed by atoms with Gasteiger partial charge < -0.3 is 0 Å². The number of hydrogen-bond donors (Lipinski definition) is 1. The highest BCUT2D eigenvalue weighted by atomic mass is 16.2. The van der Waals surface area contributed by atoms with Gasteiger partial charge >= 0.3 is 0 Å². The predicted molar refractivity (Wildman–Crippen MR) is 52.4 cm³/mol. The van der Waals surface area contributed by atoms with E-state index in [1.165, 1.54) is 0 Å². The molecule has 0 radical (unpaired) electrons. The maximum atomic E-state index is 11.7. The molecular formula is C11H12N2O2. The number of amides is 2. The number of rotatable bonds is 0. The average molecular weight is 204 g/mol. The van der Waals surface area contributed by atoms with E-state index in [9.17, 15) is 9.59 Å². The van der Waals surface area contributed by atoms with Crippen LogP contribution in [0.5, 0.6) is 0 Å². The molecule has 15 heavy (non-hydrogen) atoms. The first-order valence-corrected chi connectivity index (χ1v) is 5.09. The summed E-state index contributed by atoms with van der Waals surface area (Å²) in [5.74, 6) is -0.780. The van der Waals surface area contributed by atoms with E-state index in [-0.39, 0.29) is 11.5 Å². The van der Waals surface area contributed by atoms with Crippen molar-refractivity contribution in [3.63, 3.8) is 0 Å². The van der Waals surface area contributed by atoms with Gasteiger partial charge in [0.05, 0.1) is 5.41 Å². The van der Waals surface area contributed by atoms with E-state index < -0.39 is 11.3 Å². The molecule has 1 atom stereocenters. The Morgan fingerprint density at radius 2 is 2.13 bits per heavy atom. The summed E-state index contributed by atoms with van der Waals surface area (Å²) in [5.41, 5.74) is 0.263. The van der Waals surface area contributed by atoms with Crippen molar-refractivity contribution in [2.75, 3.05) is 0 Å². The van der Waals surface area contributed by atoms with E-state index in [0.717, 1.165) is 24.8 Å². The maximum absolute atomic E-state index is 11.7. The Morgan fingerprint density at radius 1 is 1.40 bits per heavy atom. The minimum Gasteiger partial charge on any atom is -0.291 e. The van der Waals surface area contributed by atoms with E-state index in [2.05, 4.69) is 5.32 Å². The van der Waals surface area contributed by atoms with Crippen LogP contribution in [0.15, 0.2) is 11.1 Å². The largest absolute Gasteiger partial charge is 0.291 e. The SMILES string of the molecule is CC12CCCCC1=C(C#N)C(=O)NC2=O. The van der Waals surface area contributed by atoms with Crippen LogP contribution in [-0.4, -0.2) is 11.8 Å². The van der Waals surface area contributed by atoms with Crippen molar-refractivity contribution in [3.05, 3.63) is 11.1 Å². The fourth-order valence-electron chi connectivity index (χ4n) is 2.42. The van der Waals surface area contributed by atoms with Crippen molar-refractivity contribution >= 4 is 11.8 Å². The summed E-state index contributed by atoms with van der Waals surface area (Å²) in [6.07, 6.45) is 3.35. The lowest BCUT2D eigenvalue weighted by Crippen LogP contribution is -2.49. The topological polar surface area (TPSA) is 70.0 Å². The van der Waals surface area contributed by atoms with Gasteiger partial charge in [0, 0.05) is 0 Å². The first-order chi connectivity index (χ1) is 7.09. The molecule has 1 heterocycles. The molecule has 1 saturated carbocycles. The Kier molecular flexibility index (Phi) is 2.11. The highest BCUT2D eigenvalue weighted by Gasteiger charge is 2.45. The van der Waals surface area contributed by atoms with Gasteiger partial charge in [-0.1, -0.05) is 6.42 Å². The fraction of sp³-hybridized carbons (Fsp3) is 0.545. The van der Waals surface area contributed by atoms with Crippen LogP contribution in [0.25, 0.3) is 0 Å². The number of hydrogen-bond acceptors (Lipinski definition) is 3. The summed E-state index contributed by atoms with van der Waals surface area (Å²) in [4.78, 5) is 23.2.